The predicted molar refractivity (Wildman–Crippen MR) is 104 cm³/mol. The van der Waals surface area contributed by atoms with Crippen molar-refractivity contribution in [3.63, 3.8) is 0 Å². The van der Waals surface area contributed by atoms with Gasteiger partial charge in [0, 0.05) is 66.3 Å². The summed E-state index contributed by atoms with van der Waals surface area (Å²) < 4.78 is 2.17. The van der Waals surface area contributed by atoms with Gasteiger partial charge in [0.25, 0.3) is 0 Å². The van der Waals surface area contributed by atoms with E-state index < -0.39 is 0 Å². The minimum atomic E-state index is 0.235. The van der Waals surface area contributed by atoms with E-state index in [0.29, 0.717) is 13.0 Å². The van der Waals surface area contributed by atoms with Gasteiger partial charge in [0.15, 0.2) is 0 Å². The van der Waals surface area contributed by atoms with E-state index in [1.165, 1.54) is 33.1 Å². The molecular formula is C22H21N3O. The summed E-state index contributed by atoms with van der Waals surface area (Å²) in [5.74, 6) is 0.235. The number of nitrogens with zero attached hydrogens (tertiary/aromatic N) is 2. The van der Waals surface area contributed by atoms with Crippen LogP contribution in [0.25, 0.3) is 21.8 Å². The highest BCUT2D eigenvalue weighted by Gasteiger charge is 2.23. The Balaban J connectivity index is 1.32. The number of carbonyl (C=O) groups is 1. The number of fused-ring (bicyclic) bond motifs is 4. The molecule has 1 amide bonds. The number of aryl methyl sites for hydroxylation is 1. The minimum Gasteiger partial charge on any atom is -0.358 e. The van der Waals surface area contributed by atoms with Crippen LogP contribution in [-0.2, 0) is 24.3 Å². The molecule has 2 aromatic carbocycles. The van der Waals surface area contributed by atoms with Crippen LogP contribution in [0.4, 0.5) is 0 Å². The molecule has 130 valence electrons. The topological polar surface area (TPSA) is 41.0 Å². The van der Waals surface area contributed by atoms with Crippen LogP contribution >= 0.6 is 0 Å². The minimum absolute atomic E-state index is 0.235. The van der Waals surface area contributed by atoms with Crippen LogP contribution in [-0.4, -0.2) is 26.9 Å². The van der Waals surface area contributed by atoms with Crippen molar-refractivity contribution >= 4 is 27.7 Å². The maximum Gasteiger partial charge on any atom is 0.224 e. The van der Waals surface area contributed by atoms with Crippen LogP contribution in [0, 0.1) is 0 Å². The summed E-state index contributed by atoms with van der Waals surface area (Å²) in [6.45, 7) is 2.24. The van der Waals surface area contributed by atoms with Crippen molar-refractivity contribution in [3.05, 3.63) is 72.1 Å². The van der Waals surface area contributed by atoms with E-state index in [9.17, 15) is 4.79 Å². The summed E-state index contributed by atoms with van der Waals surface area (Å²) in [4.78, 5) is 18.3. The Hall–Kier alpha value is -3.01. The second kappa shape index (κ2) is 6.06. The molecule has 4 aromatic rings. The number of aromatic amines is 1. The molecular weight excluding hydrogens is 322 g/mol. The molecule has 4 nitrogen and oxygen atoms in total. The Bertz CT molecular complexity index is 1100. The molecule has 0 spiro atoms. The summed E-state index contributed by atoms with van der Waals surface area (Å²) >= 11 is 0. The van der Waals surface area contributed by atoms with E-state index in [2.05, 4.69) is 58.2 Å². The van der Waals surface area contributed by atoms with Crippen LogP contribution < -0.4 is 0 Å². The van der Waals surface area contributed by atoms with Gasteiger partial charge in [-0.25, -0.2) is 0 Å². The number of aromatic nitrogens is 2. The molecule has 1 aliphatic rings. The van der Waals surface area contributed by atoms with Gasteiger partial charge in [0.2, 0.25) is 5.91 Å². The average molecular weight is 343 g/mol. The Kier molecular flexibility index (Phi) is 3.56. The zero-order valence-electron chi connectivity index (χ0n) is 14.6. The molecule has 0 bridgehead atoms. The number of H-pyrrole nitrogens is 1. The van der Waals surface area contributed by atoms with Crippen LogP contribution in [0.3, 0.4) is 0 Å². The van der Waals surface area contributed by atoms with E-state index in [4.69, 9.17) is 0 Å². The van der Waals surface area contributed by atoms with Gasteiger partial charge in [-0.2, -0.15) is 0 Å². The summed E-state index contributed by atoms with van der Waals surface area (Å²) in [6, 6.07) is 18.8. The van der Waals surface area contributed by atoms with Crippen molar-refractivity contribution in [1.82, 2.24) is 14.5 Å². The first-order valence-corrected chi connectivity index (χ1v) is 9.20. The van der Waals surface area contributed by atoms with Crippen LogP contribution in [0.5, 0.6) is 0 Å². The summed E-state index contributed by atoms with van der Waals surface area (Å²) in [7, 11) is 0. The van der Waals surface area contributed by atoms with Gasteiger partial charge in [-0.15, -0.1) is 0 Å². The number of para-hydroxylation sites is 2. The predicted octanol–water partition coefficient (Wildman–Crippen LogP) is 4.10. The Morgan fingerprint density at radius 1 is 1.04 bits per heavy atom. The highest BCUT2D eigenvalue weighted by atomic mass is 16.2. The molecule has 0 fully saturated rings. The van der Waals surface area contributed by atoms with Gasteiger partial charge in [-0.1, -0.05) is 36.4 Å². The van der Waals surface area contributed by atoms with E-state index in [1.807, 2.05) is 17.0 Å². The molecule has 0 saturated carbocycles. The van der Waals surface area contributed by atoms with Crippen molar-refractivity contribution < 1.29 is 4.79 Å². The van der Waals surface area contributed by atoms with Crippen molar-refractivity contribution in [2.75, 3.05) is 6.54 Å². The Labute approximate surface area is 152 Å². The number of nitrogens with one attached hydrogen (secondary N) is 1. The van der Waals surface area contributed by atoms with E-state index in [0.717, 1.165) is 19.5 Å². The van der Waals surface area contributed by atoms with Gasteiger partial charge < -0.3 is 14.5 Å². The fraction of sp³-hybridized carbons (Fsp3) is 0.227. The molecule has 5 rings (SSSR count). The maximum absolute atomic E-state index is 12.8. The molecule has 2 aromatic heterocycles. The van der Waals surface area contributed by atoms with Crippen LogP contribution in [0.2, 0.25) is 0 Å². The van der Waals surface area contributed by atoms with E-state index in [-0.39, 0.29) is 5.91 Å². The molecule has 1 N–H and O–H groups in total. The third-order valence-electron chi connectivity index (χ3n) is 5.48. The number of hydrogen-bond acceptors (Lipinski definition) is 1. The van der Waals surface area contributed by atoms with Gasteiger partial charge in [-0.05, 0) is 23.6 Å². The lowest BCUT2D eigenvalue weighted by Gasteiger charge is -2.27. The molecule has 0 atom stereocenters. The molecule has 26 heavy (non-hydrogen) atoms. The lowest BCUT2D eigenvalue weighted by Crippen LogP contribution is -2.36. The zero-order valence-corrected chi connectivity index (χ0v) is 14.6. The number of carbonyl (C=O) groups excluding carboxylic acids is 1. The molecule has 0 aliphatic carbocycles. The second-order valence-electron chi connectivity index (χ2n) is 7.01. The third kappa shape index (κ3) is 2.49. The van der Waals surface area contributed by atoms with Crippen molar-refractivity contribution in [2.24, 2.45) is 0 Å². The number of rotatable bonds is 3. The first-order chi connectivity index (χ1) is 12.8. The summed E-state index contributed by atoms with van der Waals surface area (Å²) in [6.07, 6.45) is 3.52. The van der Waals surface area contributed by atoms with Crippen LogP contribution in [0.15, 0.2) is 60.8 Å². The lowest BCUT2D eigenvalue weighted by molar-refractivity contribution is -0.132. The lowest BCUT2D eigenvalue weighted by atomic mass is 10.0. The summed E-state index contributed by atoms with van der Waals surface area (Å²) in [5.41, 5.74) is 4.93. The fourth-order valence-electron chi connectivity index (χ4n) is 4.09. The molecule has 0 saturated heterocycles. The van der Waals surface area contributed by atoms with Crippen LogP contribution in [0.1, 0.15) is 17.7 Å². The average Bonchev–Trinajstić information content (AvgIpc) is 3.27. The normalized spacial score (nSPS) is 14.1. The molecule has 1 aliphatic heterocycles. The Morgan fingerprint density at radius 3 is 2.85 bits per heavy atom. The monoisotopic (exact) mass is 343 g/mol. The number of benzene rings is 2. The van der Waals surface area contributed by atoms with Crippen molar-refractivity contribution in [3.8, 4) is 0 Å². The van der Waals surface area contributed by atoms with E-state index >= 15 is 0 Å². The quantitative estimate of drug-likeness (QED) is 0.598. The van der Waals surface area contributed by atoms with Gasteiger partial charge >= 0.3 is 0 Å². The maximum atomic E-state index is 12.8. The molecule has 0 radical (unpaired) electrons. The number of amides is 1. The standard InChI is InChI=1S/C22H21N3O/c26-22(11-14-24-12-9-16-5-1-4-8-21(16)24)25-13-10-20-18(15-25)17-6-2-3-7-19(17)23-20/h1-9,12,23H,10-11,13-15H2. The largest absolute Gasteiger partial charge is 0.358 e. The first-order valence-electron chi connectivity index (χ1n) is 9.20. The van der Waals surface area contributed by atoms with Gasteiger partial charge in [0.1, 0.15) is 0 Å². The second-order valence-corrected chi connectivity index (χ2v) is 7.01. The Morgan fingerprint density at radius 2 is 1.88 bits per heavy atom. The van der Waals surface area contributed by atoms with E-state index in [1.54, 1.807) is 0 Å². The van der Waals surface area contributed by atoms with Gasteiger partial charge in [0.05, 0.1) is 0 Å². The first kappa shape index (κ1) is 15.3. The van der Waals surface area contributed by atoms with Crippen molar-refractivity contribution in [2.45, 2.75) is 25.9 Å². The molecule has 3 heterocycles. The third-order valence-corrected chi connectivity index (χ3v) is 5.48. The van der Waals surface area contributed by atoms with Crippen molar-refractivity contribution in [1.29, 1.82) is 0 Å². The highest BCUT2D eigenvalue weighted by molar-refractivity contribution is 5.86. The zero-order chi connectivity index (χ0) is 17.5. The number of hydrogen-bond donors (Lipinski definition) is 1. The summed E-state index contributed by atoms with van der Waals surface area (Å²) in [5, 5.41) is 2.47. The SMILES string of the molecule is O=C(CCn1ccc2ccccc21)N1CCc2[nH]c3ccccc3c2C1. The van der Waals surface area contributed by atoms with Gasteiger partial charge in [-0.3, -0.25) is 4.79 Å². The highest BCUT2D eigenvalue weighted by Crippen LogP contribution is 2.28. The smallest absolute Gasteiger partial charge is 0.224 e. The molecule has 0 unspecified atom stereocenters. The molecule has 4 heteroatoms. The fourth-order valence-corrected chi connectivity index (χ4v) is 4.09.